The summed E-state index contributed by atoms with van der Waals surface area (Å²) in [6.07, 6.45) is 2.65. The van der Waals surface area contributed by atoms with Gasteiger partial charge in [0, 0.05) is 17.1 Å². The molecule has 21 heavy (non-hydrogen) atoms. The smallest absolute Gasteiger partial charge is 0.0409 e. The van der Waals surface area contributed by atoms with Gasteiger partial charge in [-0.3, -0.25) is 0 Å². The van der Waals surface area contributed by atoms with Crippen LogP contribution in [0.4, 0.5) is 0 Å². The SMILES string of the molecule is Cc1ccc(C(NC(C)c2cccc(Cl)c2)C2CC2)cc1. The van der Waals surface area contributed by atoms with Crippen LogP contribution in [-0.2, 0) is 0 Å². The number of nitrogens with one attached hydrogen (secondary N) is 1. The summed E-state index contributed by atoms with van der Waals surface area (Å²) in [6.45, 7) is 4.35. The molecule has 1 saturated carbocycles. The third-order valence-electron chi connectivity index (χ3n) is 4.31. The Morgan fingerprint density at radius 2 is 1.76 bits per heavy atom. The van der Waals surface area contributed by atoms with E-state index < -0.39 is 0 Å². The van der Waals surface area contributed by atoms with Gasteiger partial charge in [0.2, 0.25) is 0 Å². The molecule has 1 N–H and O–H groups in total. The summed E-state index contributed by atoms with van der Waals surface area (Å²) < 4.78 is 0. The zero-order valence-electron chi connectivity index (χ0n) is 12.6. The van der Waals surface area contributed by atoms with Crippen molar-refractivity contribution < 1.29 is 0 Å². The fourth-order valence-corrected chi connectivity index (χ4v) is 3.05. The first-order valence-electron chi connectivity index (χ1n) is 7.71. The normalized spacial score (nSPS) is 17.5. The van der Waals surface area contributed by atoms with Crippen LogP contribution in [0.5, 0.6) is 0 Å². The second-order valence-electron chi connectivity index (χ2n) is 6.17. The molecule has 2 atom stereocenters. The van der Waals surface area contributed by atoms with E-state index in [-0.39, 0.29) is 0 Å². The third kappa shape index (κ3) is 3.66. The maximum Gasteiger partial charge on any atom is 0.0409 e. The van der Waals surface area contributed by atoms with Gasteiger partial charge in [0.05, 0.1) is 0 Å². The van der Waals surface area contributed by atoms with Gasteiger partial charge in [-0.25, -0.2) is 0 Å². The highest BCUT2D eigenvalue weighted by Gasteiger charge is 2.33. The van der Waals surface area contributed by atoms with Gasteiger partial charge in [-0.1, -0.05) is 53.6 Å². The van der Waals surface area contributed by atoms with E-state index in [2.05, 4.69) is 55.6 Å². The van der Waals surface area contributed by atoms with Crippen LogP contribution in [0, 0.1) is 12.8 Å². The average molecular weight is 300 g/mol. The van der Waals surface area contributed by atoms with Crippen LogP contribution in [0.15, 0.2) is 48.5 Å². The quantitative estimate of drug-likeness (QED) is 0.774. The maximum absolute atomic E-state index is 6.11. The van der Waals surface area contributed by atoms with Gasteiger partial charge in [0.15, 0.2) is 0 Å². The second-order valence-corrected chi connectivity index (χ2v) is 6.61. The van der Waals surface area contributed by atoms with Crippen LogP contribution in [-0.4, -0.2) is 0 Å². The number of halogens is 1. The molecule has 110 valence electrons. The Hall–Kier alpha value is -1.31. The molecular weight excluding hydrogens is 278 g/mol. The Morgan fingerprint density at radius 3 is 2.38 bits per heavy atom. The second kappa shape index (κ2) is 6.21. The molecule has 0 saturated heterocycles. The standard InChI is InChI=1S/C19H22ClN/c1-13-6-8-15(9-7-13)19(16-10-11-16)21-14(2)17-4-3-5-18(20)12-17/h3-9,12,14,16,19,21H,10-11H2,1-2H3. The van der Waals surface area contributed by atoms with Crippen molar-refractivity contribution >= 4 is 11.6 Å². The number of rotatable bonds is 5. The van der Waals surface area contributed by atoms with Crippen LogP contribution in [0.2, 0.25) is 5.02 Å². The van der Waals surface area contributed by atoms with Gasteiger partial charge in [-0.15, -0.1) is 0 Å². The van der Waals surface area contributed by atoms with Crippen LogP contribution in [0.25, 0.3) is 0 Å². The van der Waals surface area contributed by atoms with Crippen molar-refractivity contribution in [2.75, 3.05) is 0 Å². The molecule has 0 amide bonds. The van der Waals surface area contributed by atoms with Crippen molar-refractivity contribution in [2.45, 2.75) is 38.8 Å². The molecule has 2 heteroatoms. The Morgan fingerprint density at radius 1 is 1.05 bits per heavy atom. The van der Waals surface area contributed by atoms with Gasteiger partial charge in [-0.2, -0.15) is 0 Å². The summed E-state index contributed by atoms with van der Waals surface area (Å²) in [5.74, 6) is 0.773. The lowest BCUT2D eigenvalue weighted by molar-refractivity contribution is 0.427. The molecule has 1 nitrogen and oxygen atoms in total. The lowest BCUT2D eigenvalue weighted by Crippen LogP contribution is -2.26. The molecular formula is C19H22ClN. The van der Waals surface area contributed by atoms with E-state index in [0.29, 0.717) is 12.1 Å². The van der Waals surface area contributed by atoms with Gasteiger partial charge < -0.3 is 5.32 Å². The van der Waals surface area contributed by atoms with Crippen LogP contribution in [0.1, 0.15) is 48.5 Å². The molecule has 1 aliphatic carbocycles. The summed E-state index contributed by atoms with van der Waals surface area (Å²) >= 11 is 6.11. The Bertz CT molecular complexity index is 601. The molecule has 1 aliphatic rings. The number of aryl methyl sites for hydroxylation is 1. The van der Waals surface area contributed by atoms with Crippen LogP contribution < -0.4 is 5.32 Å². The third-order valence-corrected chi connectivity index (χ3v) is 4.54. The average Bonchev–Trinajstić information content (AvgIpc) is 3.30. The first-order valence-corrected chi connectivity index (χ1v) is 8.09. The highest BCUT2D eigenvalue weighted by molar-refractivity contribution is 6.30. The minimum Gasteiger partial charge on any atom is -0.303 e. The Labute approximate surface area is 132 Å². The monoisotopic (exact) mass is 299 g/mol. The first kappa shape index (κ1) is 14.6. The van der Waals surface area contributed by atoms with Crippen molar-refractivity contribution in [3.8, 4) is 0 Å². The van der Waals surface area contributed by atoms with E-state index >= 15 is 0 Å². The van der Waals surface area contributed by atoms with Crippen molar-refractivity contribution in [2.24, 2.45) is 5.92 Å². The van der Waals surface area contributed by atoms with Gasteiger partial charge in [0.1, 0.15) is 0 Å². The Kier molecular flexibility index (Phi) is 4.32. The van der Waals surface area contributed by atoms with E-state index in [0.717, 1.165) is 10.9 Å². The van der Waals surface area contributed by atoms with Gasteiger partial charge in [0.25, 0.3) is 0 Å². The molecule has 2 aromatic rings. The highest BCUT2D eigenvalue weighted by Crippen LogP contribution is 2.42. The lowest BCUT2D eigenvalue weighted by Gasteiger charge is -2.24. The van der Waals surface area contributed by atoms with Crippen molar-refractivity contribution in [3.05, 3.63) is 70.2 Å². The zero-order chi connectivity index (χ0) is 14.8. The van der Waals surface area contributed by atoms with E-state index in [9.17, 15) is 0 Å². The van der Waals surface area contributed by atoms with Crippen LogP contribution in [0.3, 0.4) is 0 Å². The minimum atomic E-state index is 0.301. The predicted molar refractivity (Wildman–Crippen MR) is 89.6 cm³/mol. The first-order chi connectivity index (χ1) is 10.1. The molecule has 0 radical (unpaired) electrons. The minimum absolute atomic E-state index is 0.301. The van der Waals surface area contributed by atoms with E-state index in [4.69, 9.17) is 11.6 Å². The fraction of sp³-hybridized carbons (Fsp3) is 0.368. The Balaban J connectivity index is 1.77. The highest BCUT2D eigenvalue weighted by atomic mass is 35.5. The molecule has 3 rings (SSSR count). The summed E-state index contributed by atoms with van der Waals surface area (Å²) in [7, 11) is 0. The van der Waals surface area contributed by atoms with E-state index in [1.807, 2.05) is 12.1 Å². The van der Waals surface area contributed by atoms with Gasteiger partial charge >= 0.3 is 0 Å². The van der Waals surface area contributed by atoms with Crippen molar-refractivity contribution in [1.29, 1.82) is 0 Å². The molecule has 2 aromatic carbocycles. The molecule has 0 spiro atoms. The maximum atomic E-state index is 6.11. The van der Waals surface area contributed by atoms with Crippen molar-refractivity contribution in [1.82, 2.24) is 5.32 Å². The number of hydrogen-bond donors (Lipinski definition) is 1. The molecule has 0 aliphatic heterocycles. The van der Waals surface area contributed by atoms with Crippen molar-refractivity contribution in [3.63, 3.8) is 0 Å². The lowest BCUT2D eigenvalue weighted by atomic mass is 9.98. The molecule has 0 aromatic heterocycles. The predicted octanol–water partition coefficient (Wildman–Crippen LogP) is 5.45. The topological polar surface area (TPSA) is 12.0 Å². The zero-order valence-corrected chi connectivity index (χ0v) is 13.4. The summed E-state index contributed by atoms with van der Waals surface area (Å²) in [4.78, 5) is 0. The largest absolute Gasteiger partial charge is 0.303 e. The summed E-state index contributed by atoms with van der Waals surface area (Å²) in [5.41, 5.74) is 3.97. The molecule has 0 bridgehead atoms. The molecule has 1 fully saturated rings. The number of benzene rings is 2. The fourth-order valence-electron chi connectivity index (χ4n) is 2.85. The van der Waals surface area contributed by atoms with Crippen LogP contribution >= 0.6 is 11.6 Å². The van der Waals surface area contributed by atoms with Gasteiger partial charge in [-0.05, 0) is 55.9 Å². The molecule has 2 unspecified atom stereocenters. The summed E-state index contributed by atoms with van der Waals surface area (Å²) in [5, 5.41) is 4.60. The summed E-state index contributed by atoms with van der Waals surface area (Å²) in [6, 6.07) is 17.8. The van der Waals surface area contributed by atoms with E-state index in [1.165, 1.54) is 29.5 Å². The molecule has 0 heterocycles. The number of hydrogen-bond acceptors (Lipinski definition) is 1. The van der Waals surface area contributed by atoms with E-state index in [1.54, 1.807) is 0 Å².